The summed E-state index contributed by atoms with van der Waals surface area (Å²) in [6, 6.07) is 10.6. The zero-order chi connectivity index (χ0) is 11.6. The number of aliphatic hydroxyl groups is 1. The molecule has 1 aromatic carbocycles. The van der Waals surface area contributed by atoms with Gasteiger partial charge >= 0.3 is 0 Å². The highest BCUT2D eigenvalue weighted by molar-refractivity contribution is 5.19. The van der Waals surface area contributed by atoms with Crippen LogP contribution in [0.4, 0.5) is 0 Å². The Hall–Kier alpha value is -0.860. The molecule has 2 N–H and O–H groups in total. The summed E-state index contributed by atoms with van der Waals surface area (Å²) in [7, 11) is 0. The number of benzene rings is 1. The van der Waals surface area contributed by atoms with E-state index >= 15 is 0 Å². The lowest BCUT2D eigenvalue weighted by molar-refractivity contribution is 0.290. The summed E-state index contributed by atoms with van der Waals surface area (Å²) in [6.07, 6.45) is 3.72. The first kappa shape index (κ1) is 13.2. The third-order valence-corrected chi connectivity index (χ3v) is 2.86. The standard InChI is InChI=1S/C14H23NO/c1-2-3-7-14(12-15-10-11-16)13-8-5-4-6-9-13/h4-6,8-9,14-16H,2-3,7,10-12H2,1H3. The molecule has 2 nitrogen and oxygen atoms in total. The molecule has 2 heteroatoms. The lowest BCUT2D eigenvalue weighted by atomic mass is 9.93. The minimum absolute atomic E-state index is 0.218. The van der Waals surface area contributed by atoms with Crippen LogP contribution in [0.5, 0.6) is 0 Å². The van der Waals surface area contributed by atoms with E-state index in [1.54, 1.807) is 0 Å². The molecule has 0 amide bonds. The molecule has 0 heterocycles. The molecular weight excluding hydrogens is 198 g/mol. The topological polar surface area (TPSA) is 32.3 Å². The Morgan fingerprint density at radius 2 is 2.00 bits per heavy atom. The molecule has 1 atom stereocenters. The van der Waals surface area contributed by atoms with Crippen molar-refractivity contribution in [1.29, 1.82) is 0 Å². The van der Waals surface area contributed by atoms with Gasteiger partial charge in [0.15, 0.2) is 0 Å². The van der Waals surface area contributed by atoms with Gasteiger partial charge in [-0.3, -0.25) is 0 Å². The van der Waals surface area contributed by atoms with Crippen molar-refractivity contribution in [1.82, 2.24) is 5.32 Å². The van der Waals surface area contributed by atoms with Crippen molar-refractivity contribution in [2.75, 3.05) is 19.7 Å². The molecule has 0 aromatic heterocycles. The number of hydrogen-bond donors (Lipinski definition) is 2. The molecule has 90 valence electrons. The van der Waals surface area contributed by atoms with Crippen LogP contribution in [-0.2, 0) is 0 Å². The second-order valence-corrected chi connectivity index (χ2v) is 4.18. The van der Waals surface area contributed by atoms with Gasteiger partial charge in [-0.1, -0.05) is 50.1 Å². The van der Waals surface area contributed by atoms with Crippen molar-refractivity contribution in [3.8, 4) is 0 Å². The van der Waals surface area contributed by atoms with Crippen molar-refractivity contribution >= 4 is 0 Å². The third kappa shape index (κ3) is 4.77. The Bertz CT molecular complexity index is 261. The van der Waals surface area contributed by atoms with E-state index in [0.717, 1.165) is 6.54 Å². The third-order valence-electron chi connectivity index (χ3n) is 2.86. The fourth-order valence-electron chi connectivity index (χ4n) is 1.92. The number of aliphatic hydroxyl groups excluding tert-OH is 1. The Morgan fingerprint density at radius 1 is 1.25 bits per heavy atom. The number of rotatable bonds is 8. The molecule has 0 saturated heterocycles. The number of unbranched alkanes of at least 4 members (excludes halogenated alkanes) is 1. The van der Waals surface area contributed by atoms with Gasteiger partial charge in [0.2, 0.25) is 0 Å². The number of hydrogen-bond acceptors (Lipinski definition) is 2. The van der Waals surface area contributed by atoms with E-state index in [2.05, 4.69) is 42.6 Å². The fraction of sp³-hybridized carbons (Fsp3) is 0.571. The van der Waals surface area contributed by atoms with Crippen LogP contribution in [0.25, 0.3) is 0 Å². The Balaban J connectivity index is 2.49. The van der Waals surface area contributed by atoms with Crippen LogP contribution in [0, 0.1) is 0 Å². The van der Waals surface area contributed by atoms with Gasteiger partial charge in [0, 0.05) is 13.1 Å². The molecule has 0 saturated carbocycles. The van der Waals surface area contributed by atoms with Gasteiger partial charge in [-0.05, 0) is 17.9 Å². The summed E-state index contributed by atoms with van der Waals surface area (Å²) in [5.74, 6) is 0.577. The van der Waals surface area contributed by atoms with Crippen molar-refractivity contribution in [2.45, 2.75) is 32.1 Å². The highest BCUT2D eigenvalue weighted by Gasteiger charge is 2.09. The second kappa shape index (κ2) is 8.31. The molecule has 1 rings (SSSR count). The van der Waals surface area contributed by atoms with Crippen LogP contribution in [-0.4, -0.2) is 24.8 Å². The van der Waals surface area contributed by atoms with E-state index in [1.165, 1.54) is 24.8 Å². The van der Waals surface area contributed by atoms with E-state index in [1.807, 2.05) is 0 Å². The Kier molecular flexibility index (Phi) is 6.86. The predicted octanol–water partition coefficient (Wildman–Crippen LogP) is 2.54. The molecule has 16 heavy (non-hydrogen) atoms. The van der Waals surface area contributed by atoms with Crippen molar-refractivity contribution < 1.29 is 5.11 Å². The average molecular weight is 221 g/mol. The second-order valence-electron chi connectivity index (χ2n) is 4.18. The quantitative estimate of drug-likeness (QED) is 0.661. The van der Waals surface area contributed by atoms with Gasteiger partial charge in [0.25, 0.3) is 0 Å². The largest absolute Gasteiger partial charge is 0.395 e. The summed E-state index contributed by atoms with van der Waals surface area (Å²) >= 11 is 0. The lowest BCUT2D eigenvalue weighted by Crippen LogP contribution is -2.24. The maximum atomic E-state index is 8.76. The Morgan fingerprint density at radius 3 is 2.62 bits per heavy atom. The van der Waals surface area contributed by atoms with Crippen LogP contribution in [0.15, 0.2) is 30.3 Å². The maximum absolute atomic E-state index is 8.76. The van der Waals surface area contributed by atoms with E-state index in [0.29, 0.717) is 12.5 Å². The smallest absolute Gasteiger partial charge is 0.0555 e. The van der Waals surface area contributed by atoms with Gasteiger partial charge in [-0.15, -0.1) is 0 Å². The zero-order valence-electron chi connectivity index (χ0n) is 10.2. The highest BCUT2D eigenvalue weighted by atomic mass is 16.3. The average Bonchev–Trinajstić information content (AvgIpc) is 2.35. The lowest BCUT2D eigenvalue weighted by Gasteiger charge is -2.17. The molecule has 0 radical (unpaired) electrons. The van der Waals surface area contributed by atoms with Crippen LogP contribution in [0.2, 0.25) is 0 Å². The van der Waals surface area contributed by atoms with Gasteiger partial charge in [-0.2, -0.15) is 0 Å². The molecule has 0 spiro atoms. The summed E-state index contributed by atoms with van der Waals surface area (Å²) in [4.78, 5) is 0. The first-order chi connectivity index (χ1) is 7.88. The molecule has 1 unspecified atom stereocenters. The molecule has 1 aromatic rings. The van der Waals surface area contributed by atoms with Gasteiger partial charge < -0.3 is 10.4 Å². The maximum Gasteiger partial charge on any atom is 0.0555 e. The van der Waals surface area contributed by atoms with E-state index in [4.69, 9.17) is 5.11 Å². The molecule has 0 aliphatic carbocycles. The van der Waals surface area contributed by atoms with E-state index in [-0.39, 0.29) is 6.61 Å². The van der Waals surface area contributed by atoms with Crippen molar-refractivity contribution in [3.63, 3.8) is 0 Å². The minimum Gasteiger partial charge on any atom is -0.395 e. The molecule has 0 fully saturated rings. The summed E-state index contributed by atoms with van der Waals surface area (Å²) in [5, 5.41) is 12.1. The first-order valence-electron chi connectivity index (χ1n) is 6.25. The van der Waals surface area contributed by atoms with E-state index in [9.17, 15) is 0 Å². The van der Waals surface area contributed by atoms with Crippen molar-refractivity contribution in [3.05, 3.63) is 35.9 Å². The van der Waals surface area contributed by atoms with E-state index < -0.39 is 0 Å². The highest BCUT2D eigenvalue weighted by Crippen LogP contribution is 2.20. The van der Waals surface area contributed by atoms with Crippen LogP contribution < -0.4 is 5.32 Å². The number of nitrogens with one attached hydrogen (secondary N) is 1. The van der Waals surface area contributed by atoms with Crippen LogP contribution >= 0.6 is 0 Å². The summed E-state index contributed by atoms with van der Waals surface area (Å²) < 4.78 is 0. The monoisotopic (exact) mass is 221 g/mol. The zero-order valence-corrected chi connectivity index (χ0v) is 10.2. The van der Waals surface area contributed by atoms with Crippen molar-refractivity contribution in [2.24, 2.45) is 0 Å². The van der Waals surface area contributed by atoms with Crippen LogP contribution in [0.1, 0.15) is 37.7 Å². The minimum atomic E-state index is 0.218. The fourth-order valence-corrected chi connectivity index (χ4v) is 1.92. The van der Waals surface area contributed by atoms with Gasteiger partial charge in [0.1, 0.15) is 0 Å². The summed E-state index contributed by atoms with van der Waals surface area (Å²) in [6.45, 7) is 4.10. The SMILES string of the molecule is CCCCC(CNCCO)c1ccccc1. The predicted molar refractivity (Wildman–Crippen MR) is 68.7 cm³/mol. The Labute approximate surface area is 98.7 Å². The first-order valence-corrected chi connectivity index (χ1v) is 6.25. The van der Waals surface area contributed by atoms with Crippen LogP contribution in [0.3, 0.4) is 0 Å². The molecule has 0 bridgehead atoms. The van der Waals surface area contributed by atoms with Gasteiger partial charge in [-0.25, -0.2) is 0 Å². The summed E-state index contributed by atoms with van der Waals surface area (Å²) in [5.41, 5.74) is 1.40. The molecule has 0 aliphatic rings. The van der Waals surface area contributed by atoms with Gasteiger partial charge in [0.05, 0.1) is 6.61 Å². The normalized spacial score (nSPS) is 12.6. The molecular formula is C14H23NO. The molecule has 0 aliphatic heterocycles.